The minimum atomic E-state index is 0.834. The van der Waals surface area contributed by atoms with Gasteiger partial charge in [-0.3, -0.25) is 9.88 Å². The molecule has 22 heavy (non-hydrogen) atoms. The third kappa shape index (κ3) is 2.74. The highest BCUT2D eigenvalue weighted by Crippen LogP contribution is 2.25. The van der Waals surface area contributed by atoms with Crippen molar-refractivity contribution in [1.82, 2.24) is 29.7 Å². The van der Waals surface area contributed by atoms with Crippen molar-refractivity contribution in [3.63, 3.8) is 0 Å². The van der Waals surface area contributed by atoms with Crippen LogP contribution in [-0.2, 0) is 6.54 Å². The summed E-state index contributed by atoms with van der Waals surface area (Å²) in [6.45, 7) is 3.13. The van der Waals surface area contributed by atoms with Crippen molar-refractivity contribution in [3.05, 3.63) is 30.4 Å². The van der Waals surface area contributed by atoms with Gasteiger partial charge in [0.15, 0.2) is 5.82 Å². The Morgan fingerprint density at radius 3 is 2.55 bits per heavy atom. The number of likely N-dealkylation sites (tertiary alicyclic amines) is 1. The maximum atomic E-state index is 4.69. The van der Waals surface area contributed by atoms with Crippen molar-refractivity contribution in [2.75, 3.05) is 13.1 Å². The van der Waals surface area contributed by atoms with Gasteiger partial charge in [0.1, 0.15) is 5.01 Å². The SMILES string of the molecule is c1cc(-c2nn3c(CN4CCCCCC4)nnc3s2)ccn1. The standard InChI is InChI=1S/C15H18N6S/c1-2-4-10-20(9-3-1)11-13-17-18-15-21(13)19-14(22-15)12-5-7-16-8-6-12/h5-8H,1-4,9-11H2. The van der Waals surface area contributed by atoms with Gasteiger partial charge in [-0.2, -0.15) is 9.61 Å². The maximum absolute atomic E-state index is 4.69. The van der Waals surface area contributed by atoms with Gasteiger partial charge in [0.05, 0.1) is 6.54 Å². The average molecular weight is 314 g/mol. The van der Waals surface area contributed by atoms with Gasteiger partial charge in [-0.05, 0) is 38.1 Å². The molecule has 4 rings (SSSR count). The summed E-state index contributed by atoms with van der Waals surface area (Å²) < 4.78 is 1.89. The molecule has 0 bridgehead atoms. The Hall–Kier alpha value is -1.86. The van der Waals surface area contributed by atoms with Crippen LogP contribution in [0.25, 0.3) is 15.5 Å². The number of fused-ring (bicyclic) bond motifs is 1. The maximum Gasteiger partial charge on any atom is 0.235 e. The summed E-state index contributed by atoms with van der Waals surface area (Å²) in [5.74, 6) is 0.938. The van der Waals surface area contributed by atoms with E-state index < -0.39 is 0 Å². The zero-order chi connectivity index (χ0) is 14.8. The van der Waals surface area contributed by atoms with Gasteiger partial charge in [-0.15, -0.1) is 10.2 Å². The van der Waals surface area contributed by atoms with Crippen molar-refractivity contribution in [1.29, 1.82) is 0 Å². The molecule has 3 aromatic rings. The minimum absolute atomic E-state index is 0.834. The van der Waals surface area contributed by atoms with Gasteiger partial charge in [-0.25, -0.2) is 0 Å². The summed E-state index contributed by atoms with van der Waals surface area (Å²) >= 11 is 1.57. The molecule has 1 aliphatic rings. The van der Waals surface area contributed by atoms with Crippen LogP contribution >= 0.6 is 11.3 Å². The van der Waals surface area contributed by atoms with E-state index in [9.17, 15) is 0 Å². The highest BCUT2D eigenvalue weighted by Gasteiger charge is 2.16. The Bertz CT molecular complexity index is 742. The molecule has 114 valence electrons. The zero-order valence-electron chi connectivity index (χ0n) is 12.4. The minimum Gasteiger partial charge on any atom is -0.296 e. The molecule has 4 heterocycles. The summed E-state index contributed by atoms with van der Waals surface area (Å²) in [6, 6.07) is 3.94. The topological polar surface area (TPSA) is 59.2 Å². The van der Waals surface area contributed by atoms with E-state index in [0.29, 0.717) is 0 Å². The van der Waals surface area contributed by atoms with Crippen molar-refractivity contribution in [3.8, 4) is 10.6 Å². The van der Waals surface area contributed by atoms with E-state index >= 15 is 0 Å². The predicted octanol–water partition coefficient (Wildman–Crippen LogP) is 2.62. The molecule has 0 radical (unpaired) electrons. The smallest absolute Gasteiger partial charge is 0.235 e. The fraction of sp³-hybridized carbons (Fsp3) is 0.467. The van der Waals surface area contributed by atoms with E-state index in [0.717, 1.165) is 41.0 Å². The summed E-state index contributed by atoms with van der Waals surface area (Å²) in [7, 11) is 0. The molecule has 6 nitrogen and oxygen atoms in total. The van der Waals surface area contributed by atoms with Gasteiger partial charge in [0, 0.05) is 18.0 Å². The highest BCUT2D eigenvalue weighted by atomic mass is 32.1. The van der Waals surface area contributed by atoms with Gasteiger partial charge in [-0.1, -0.05) is 24.2 Å². The second kappa shape index (κ2) is 6.10. The lowest BCUT2D eigenvalue weighted by molar-refractivity contribution is 0.268. The van der Waals surface area contributed by atoms with Gasteiger partial charge < -0.3 is 0 Å². The molecule has 7 heteroatoms. The number of aromatic nitrogens is 5. The van der Waals surface area contributed by atoms with Gasteiger partial charge in [0.2, 0.25) is 4.96 Å². The summed E-state index contributed by atoms with van der Waals surface area (Å²) in [4.78, 5) is 7.38. The van der Waals surface area contributed by atoms with Crippen LogP contribution in [0.2, 0.25) is 0 Å². The molecule has 0 aliphatic carbocycles. The Balaban J connectivity index is 1.60. The summed E-state index contributed by atoms with van der Waals surface area (Å²) in [5.41, 5.74) is 1.08. The molecule has 0 spiro atoms. The quantitative estimate of drug-likeness (QED) is 0.744. The van der Waals surface area contributed by atoms with E-state index in [1.807, 2.05) is 16.6 Å². The van der Waals surface area contributed by atoms with E-state index in [1.165, 1.54) is 25.7 Å². The average Bonchev–Trinajstić information content (AvgIpc) is 3.03. The predicted molar refractivity (Wildman–Crippen MR) is 85.6 cm³/mol. The second-order valence-electron chi connectivity index (χ2n) is 5.64. The molecule has 0 atom stereocenters. The fourth-order valence-electron chi connectivity index (χ4n) is 2.86. The lowest BCUT2D eigenvalue weighted by Gasteiger charge is -2.17. The first-order valence-electron chi connectivity index (χ1n) is 7.74. The number of pyridine rings is 1. The Morgan fingerprint density at radius 2 is 1.77 bits per heavy atom. The first-order chi connectivity index (χ1) is 10.9. The van der Waals surface area contributed by atoms with E-state index in [1.54, 1.807) is 23.7 Å². The molecule has 1 aliphatic heterocycles. The van der Waals surface area contributed by atoms with Crippen molar-refractivity contribution in [2.24, 2.45) is 0 Å². The van der Waals surface area contributed by atoms with Gasteiger partial charge >= 0.3 is 0 Å². The molecule has 0 N–H and O–H groups in total. The first kappa shape index (κ1) is 13.8. The lowest BCUT2D eigenvalue weighted by Crippen LogP contribution is -2.25. The molecule has 0 saturated carbocycles. The van der Waals surface area contributed by atoms with Crippen LogP contribution in [0.1, 0.15) is 31.5 Å². The van der Waals surface area contributed by atoms with Crippen LogP contribution < -0.4 is 0 Å². The zero-order valence-corrected chi connectivity index (χ0v) is 13.2. The third-order valence-corrected chi connectivity index (χ3v) is 4.99. The third-order valence-electron chi connectivity index (χ3n) is 4.05. The largest absolute Gasteiger partial charge is 0.296 e. The molecular weight excluding hydrogens is 296 g/mol. The van der Waals surface area contributed by atoms with Crippen LogP contribution in [0.3, 0.4) is 0 Å². The molecular formula is C15H18N6S. The molecule has 0 unspecified atom stereocenters. The van der Waals surface area contributed by atoms with Gasteiger partial charge in [0.25, 0.3) is 0 Å². The lowest BCUT2D eigenvalue weighted by atomic mass is 10.2. The Labute approximate surface area is 132 Å². The summed E-state index contributed by atoms with van der Waals surface area (Å²) in [6.07, 6.45) is 8.82. The normalized spacial score (nSPS) is 16.9. The van der Waals surface area contributed by atoms with Crippen molar-refractivity contribution in [2.45, 2.75) is 32.2 Å². The number of hydrogen-bond acceptors (Lipinski definition) is 6. The van der Waals surface area contributed by atoms with Crippen LogP contribution in [-0.4, -0.2) is 42.8 Å². The second-order valence-corrected chi connectivity index (χ2v) is 6.60. The molecule has 1 saturated heterocycles. The Kier molecular flexibility index (Phi) is 3.82. The van der Waals surface area contributed by atoms with E-state index in [4.69, 9.17) is 0 Å². The van der Waals surface area contributed by atoms with Crippen molar-refractivity contribution < 1.29 is 0 Å². The van der Waals surface area contributed by atoms with Crippen LogP contribution in [0, 0.1) is 0 Å². The molecule has 0 amide bonds. The molecule has 0 aromatic carbocycles. The van der Waals surface area contributed by atoms with Crippen LogP contribution in [0.15, 0.2) is 24.5 Å². The summed E-state index contributed by atoms with van der Waals surface area (Å²) in [5, 5.41) is 14.3. The van der Waals surface area contributed by atoms with Crippen LogP contribution in [0.4, 0.5) is 0 Å². The highest BCUT2D eigenvalue weighted by molar-refractivity contribution is 7.19. The molecule has 1 fully saturated rings. The number of rotatable bonds is 3. The van der Waals surface area contributed by atoms with E-state index in [2.05, 4.69) is 25.2 Å². The van der Waals surface area contributed by atoms with E-state index in [-0.39, 0.29) is 0 Å². The van der Waals surface area contributed by atoms with Crippen LogP contribution in [0.5, 0.6) is 0 Å². The first-order valence-corrected chi connectivity index (χ1v) is 8.56. The monoisotopic (exact) mass is 314 g/mol. The molecule has 3 aromatic heterocycles. The number of nitrogens with zero attached hydrogens (tertiary/aromatic N) is 6. The van der Waals surface area contributed by atoms with Crippen molar-refractivity contribution >= 4 is 16.3 Å². The fourth-order valence-corrected chi connectivity index (χ4v) is 3.73. The Morgan fingerprint density at radius 1 is 1.00 bits per heavy atom. The number of hydrogen-bond donors (Lipinski definition) is 0.